The molecule has 0 aliphatic carbocycles. The number of nitrogens with zero attached hydrogens (tertiary/aromatic N) is 6. The van der Waals surface area contributed by atoms with Gasteiger partial charge in [-0.25, -0.2) is 9.07 Å². The van der Waals surface area contributed by atoms with Crippen molar-refractivity contribution in [2.24, 2.45) is 0 Å². The largest absolute Gasteiger partial charge is 0.378 e. The summed E-state index contributed by atoms with van der Waals surface area (Å²) in [6, 6.07) is 17.0. The Balaban J connectivity index is 1.31. The van der Waals surface area contributed by atoms with Crippen molar-refractivity contribution in [2.75, 3.05) is 30.4 Å². The van der Waals surface area contributed by atoms with Crippen LogP contribution in [0.4, 0.5) is 21.5 Å². The van der Waals surface area contributed by atoms with E-state index in [9.17, 15) is 9.65 Å². The van der Waals surface area contributed by atoms with E-state index in [1.165, 1.54) is 29.5 Å². The van der Waals surface area contributed by atoms with Crippen molar-refractivity contribution < 1.29 is 9.13 Å². The van der Waals surface area contributed by atoms with Crippen LogP contribution in [-0.4, -0.2) is 50.7 Å². The van der Waals surface area contributed by atoms with Gasteiger partial charge in [-0.05, 0) is 67.3 Å². The summed E-state index contributed by atoms with van der Waals surface area (Å²) in [4.78, 5) is 6.99. The van der Waals surface area contributed by atoms with Gasteiger partial charge in [-0.2, -0.15) is 5.26 Å². The van der Waals surface area contributed by atoms with Crippen LogP contribution in [0, 0.1) is 17.1 Å². The predicted octanol–water partition coefficient (Wildman–Crippen LogP) is 7.43. The molecule has 7 rings (SSSR count). The third kappa shape index (κ3) is 5.76. The molecule has 0 bridgehead atoms. The minimum atomic E-state index is -0.532. The third-order valence-corrected chi connectivity index (χ3v) is 9.26. The summed E-state index contributed by atoms with van der Waals surface area (Å²) >= 11 is 12.9. The van der Waals surface area contributed by atoms with E-state index in [0.29, 0.717) is 44.6 Å². The Morgan fingerprint density at radius 2 is 1.91 bits per heavy atom. The number of anilines is 3. The molecular formula is C34H31Cl2FN8O. The highest BCUT2D eigenvalue weighted by molar-refractivity contribution is 6.36. The van der Waals surface area contributed by atoms with Gasteiger partial charge in [0.05, 0.1) is 58.3 Å². The molecule has 9 nitrogen and oxygen atoms in total. The first-order chi connectivity index (χ1) is 22.3. The van der Waals surface area contributed by atoms with Crippen LogP contribution >= 0.6 is 23.2 Å². The molecule has 3 aromatic carbocycles. The number of hydrogen-bond donors (Lipinski definition) is 2. The number of pyridine rings is 1. The highest BCUT2D eigenvalue weighted by Gasteiger charge is 2.31. The monoisotopic (exact) mass is 656 g/mol. The smallest absolute Gasteiger partial charge is 0.141 e. The fraction of sp³-hybridized carbons (Fsp3) is 0.294. The molecule has 0 amide bonds. The molecule has 2 aliphatic rings. The van der Waals surface area contributed by atoms with Gasteiger partial charge >= 0.3 is 0 Å². The molecule has 1 saturated heterocycles. The first-order valence-electron chi connectivity index (χ1n) is 15.1. The molecule has 2 aliphatic heterocycles. The molecule has 46 heavy (non-hydrogen) atoms. The van der Waals surface area contributed by atoms with Gasteiger partial charge in [-0.3, -0.25) is 9.88 Å². The lowest BCUT2D eigenvalue weighted by Gasteiger charge is -2.40. The molecule has 234 valence electrons. The fourth-order valence-corrected chi connectivity index (χ4v) is 6.56. The quantitative estimate of drug-likeness (QED) is 0.178. The number of nitrogens with one attached hydrogen (secondary N) is 2. The summed E-state index contributed by atoms with van der Waals surface area (Å²) in [5.41, 5.74) is 7.02. The van der Waals surface area contributed by atoms with Crippen LogP contribution in [0.25, 0.3) is 10.9 Å². The van der Waals surface area contributed by atoms with Gasteiger partial charge in [0.15, 0.2) is 0 Å². The molecule has 0 spiro atoms. The molecular weight excluding hydrogens is 626 g/mol. The number of aromatic nitrogens is 4. The number of ether oxygens (including phenoxy) is 1. The van der Waals surface area contributed by atoms with E-state index < -0.39 is 5.82 Å². The summed E-state index contributed by atoms with van der Waals surface area (Å²) in [5, 5.41) is 26.9. The Bertz CT molecular complexity index is 1990. The van der Waals surface area contributed by atoms with Gasteiger partial charge in [-0.15, -0.1) is 5.10 Å². The van der Waals surface area contributed by atoms with Crippen molar-refractivity contribution in [3.05, 3.63) is 105 Å². The van der Waals surface area contributed by atoms with Crippen LogP contribution < -0.4 is 10.6 Å². The predicted molar refractivity (Wildman–Crippen MR) is 177 cm³/mol. The summed E-state index contributed by atoms with van der Waals surface area (Å²) < 4.78 is 21.2. The Labute approximate surface area is 275 Å². The molecule has 0 saturated carbocycles. The maximum atomic E-state index is 13.9. The number of rotatable bonds is 8. The van der Waals surface area contributed by atoms with Crippen LogP contribution in [0.15, 0.2) is 60.9 Å². The van der Waals surface area contributed by atoms with Gasteiger partial charge in [0, 0.05) is 42.1 Å². The van der Waals surface area contributed by atoms with Crippen molar-refractivity contribution in [3.8, 4) is 6.07 Å². The van der Waals surface area contributed by atoms with Crippen molar-refractivity contribution >= 4 is 51.2 Å². The lowest BCUT2D eigenvalue weighted by Crippen LogP contribution is -2.50. The molecule has 1 unspecified atom stereocenters. The number of benzene rings is 3. The zero-order chi connectivity index (χ0) is 31.9. The van der Waals surface area contributed by atoms with E-state index in [2.05, 4.69) is 68.9 Å². The number of fused-ring (bicyclic) bond motifs is 2. The van der Waals surface area contributed by atoms with Crippen LogP contribution in [0.1, 0.15) is 53.9 Å². The van der Waals surface area contributed by atoms with E-state index in [1.54, 1.807) is 6.07 Å². The molecule has 2 aromatic heterocycles. The van der Waals surface area contributed by atoms with E-state index in [4.69, 9.17) is 27.9 Å². The highest BCUT2D eigenvalue weighted by Crippen LogP contribution is 2.38. The zero-order valence-electron chi connectivity index (χ0n) is 25.3. The van der Waals surface area contributed by atoms with E-state index in [-0.39, 0.29) is 17.1 Å². The Morgan fingerprint density at radius 1 is 1.09 bits per heavy atom. The summed E-state index contributed by atoms with van der Waals surface area (Å²) in [5.74, 6) is -0.532. The van der Waals surface area contributed by atoms with Crippen molar-refractivity contribution in [1.29, 1.82) is 5.26 Å². The van der Waals surface area contributed by atoms with Crippen LogP contribution in [0.2, 0.25) is 10.0 Å². The standard InChI is InChI=1S/C34H31Cl2FN8O/c1-19(2)45-16-31(42-43-45)34(26-5-3-4-20-15-44(9-8-25(20)26)24-17-46-18-24)41-23-10-27-32(40-22-6-7-30(37)28(35)11-22)21(13-38)14-39-33(27)29(36)12-23/h3-7,10-12,14,16,19,24,34,41H,8-9,15,17-18H2,1-2H3,(H,39,40). The average Bonchev–Trinajstić information content (AvgIpc) is 3.51. The Hall–Kier alpha value is -4.27. The summed E-state index contributed by atoms with van der Waals surface area (Å²) in [6.45, 7) is 7.53. The normalized spacial score (nSPS) is 15.8. The van der Waals surface area contributed by atoms with Crippen molar-refractivity contribution in [1.82, 2.24) is 24.9 Å². The Kier molecular flexibility index (Phi) is 8.25. The maximum Gasteiger partial charge on any atom is 0.141 e. The first kappa shape index (κ1) is 30.4. The van der Waals surface area contributed by atoms with Crippen molar-refractivity contribution in [2.45, 2.75) is 44.9 Å². The minimum Gasteiger partial charge on any atom is -0.378 e. The number of halogens is 3. The van der Waals surface area contributed by atoms with E-state index in [1.807, 2.05) is 23.0 Å². The Morgan fingerprint density at radius 3 is 2.63 bits per heavy atom. The van der Waals surface area contributed by atoms with E-state index in [0.717, 1.165) is 44.0 Å². The second-order valence-electron chi connectivity index (χ2n) is 12.0. The van der Waals surface area contributed by atoms with E-state index >= 15 is 0 Å². The molecule has 1 fully saturated rings. The second-order valence-corrected chi connectivity index (χ2v) is 12.8. The first-order valence-corrected chi connectivity index (χ1v) is 15.9. The van der Waals surface area contributed by atoms with Crippen LogP contribution in [0.3, 0.4) is 0 Å². The highest BCUT2D eigenvalue weighted by atomic mass is 35.5. The summed E-state index contributed by atoms with van der Waals surface area (Å²) in [7, 11) is 0. The second kappa shape index (κ2) is 12.5. The lowest BCUT2D eigenvalue weighted by atomic mass is 9.89. The molecule has 12 heteroatoms. The SMILES string of the molecule is CC(C)n1cc(C(Nc2cc(Cl)c3ncc(C#N)c(Nc4ccc(F)c(Cl)c4)c3c2)c2cccc3c2CCN(C2COC2)C3)nn1. The van der Waals surface area contributed by atoms with Gasteiger partial charge in [0.1, 0.15) is 17.6 Å². The molecule has 5 aromatic rings. The van der Waals surface area contributed by atoms with Crippen molar-refractivity contribution in [3.63, 3.8) is 0 Å². The van der Waals surface area contributed by atoms with Gasteiger partial charge in [0.2, 0.25) is 0 Å². The summed E-state index contributed by atoms with van der Waals surface area (Å²) in [6.07, 6.45) is 4.35. The zero-order valence-corrected chi connectivity index (χ0v) is 26.8. The minimum absolute atomic E-state index is 0.0325. The van der Waals surface area contributed by atoms with Gasteiger partial charge in [-0.1, -0.05) is 46.6 Å². The topological polar surface area (TPSA) is 104 Å². The molecule has 1 atom stereocenters. The lowest BCUT2D eigenvalue weighted by molar-refractivity contribution is -0.0695. The maximum absolute atomic E-state index is 13.9. The van der Waals surface area contributed by atoms with Crippen LogP contribution in [-0.2, 0) is 17.7 Å². The van der Waals surface area contributed by atoms with Gasteiger partial charge < -0.3 is 15.4 Å². The van der Waals surface area contributed by atoms with Gasteiger partial charge in [0.25, 0.3) is 0 Å². The van der Waals surface area contributed by atoms with Crippen LogP contribution in [0.5, 0.6) is 0 Å². The third-order valence-electron chi connectivity index (χ3n) is 8.68. The molecule has 0 radical (unpaired) electrons. The number of hydrogen-bond acceptors (Lipinski definition) is 8. The number of nitriles is 1. The molecule has 4 heterocycles. The fourth-order valence-electron chi connectivity index (χ4n) is 6.11. The molecule has 2 N–H and O–H groups in total. The average molecular weight is 658 g/mol.